The molecule has 0 unspecified atom stereocenters. The molecule has 2 fully saturated rings. The van der Waals surface area contributed by atoms with Gasteiger partial charge in [0.25, 0.3) is 5.78 Å². The second-order valence-corrected chi connectivity index (χ2v) is 7.21. The third kappa shape index (κ3) is 1.74. The Kier molecular flexibility index (Phi) is 3.74. The monoisotopic (exact) mass is 410 g/mol. The van der Waals surface area contributed by atoms with Gasteiger partial charge >= 0.3 is 11.9 Å². The van der Waals surface area contributed by atoms with E-state index in [9.17, 15) is 29.4 Å². The lowest BCUT2D eigenvalue weighted by Gasteiger charge is -2.58. The first-order chi connectivity index (χ1) is 13.6. The van der Waals surface area contributed by atoms with E-state index in [1.54, 1.807) is 0 Å². The Morgan fingerprint density at radius 3 is 2.21 bits per heavy atom. The van der Waals surface area contributed by atoms with Crippen LogP contribution in [0.2, 0.25) is 0 Å². The summed E-state index contributed by atoms with van der Waals surface area (Å²) in [5, 5.41) is 22.3. The lowest BCUT2D eigenvalue weighted by atomic mass is 9.44. The number of aliphatic hydroxyl groups is 2. The number of Topliss-reactive ketones (excluding diaryl/α,β-unsaturated/α-hetero) is 2. The molecule has 29 heavy (non-hydrogen) atoms. The van der Waals surface area contributed by atoms with Crippen LogP contribution in [-0.2, 0) is 42.9 Å². The Morgan fingerprint density at radius 2 is 1.69 bits per heavy atom. The third-order valence-corrected chi connectivity index (χ3v) is 6.34. The topological polar surface area (TPSA) is 155 Å². The smallest absolute Gasteiger partial charge is 0.334 e. The average Bonchev–Trinajstić information content (AvgIpc) is 2.97. The molecule has 1 aliphatic heterocycles. The van der Waals surface area contributed by atoms with Crippen LogP contribution < -0.4 is 0 Å². The molecule has 0 aromatic heterocycles. The predicted octanol–water partition coefficient (Wildman–Crippen LogP) is -2.02. The van der Waals surface area contributed by atoms with Crippen LogP contribution in [0.15, 0.2) is 23.5 Å². The fraction of sp³-hybridized carbons (Fsp3) is 0.556. The minimum absolute atomic E-state index is 0.279. The van der Waals surface area contributed by atoms with Gasteiger partial charge in [0.2, 0.25) is 17.4 Å². The number of ether oxygens (including phenoxy) is 5. The van der Waals surface area contributed by atoms with Crippen molar-refractivity contribution in [2.75, 3.05) is 28.4 Å². The van der Waals surface area contributed by atoms with Crippen molar-refractivity contribution in [1.29, 1.82) is 0 Å². The van der Waals surface area contributed by atoms with E-state index in [-0.39, 0.29) is 5.57 Å². The van der Waals surface area contributed by atoms with E-state index in [1.807, 2.05) is 0 Å². The molecule has 156 valence electrons. The van der Waals surface area contributed by atoms with Gasteiger partial charge in [-0.3, -0.25) is 14.4 Å². The van der Waals surface area contributed by atoms with Crippen molar-refractivity contribution in [2.24, 2.45) is 17.3 Å². The number of hydrogen-bond acceptors (Lipinski definition) is 11. The highest BCUT2D eigenvalue weighted by Crippen LogP contribution is 2.71. The van der Waals surface area contributed by atoms with Crippen LogP contribution in [0.5, 0.6) is 0 Å². The highest BCUT2D eigenvalue weighted by atomic mass is 16.7. The summed E-state index contributed by atoms with van der Waals surface area (Å²) < 4.78 is 25.3. The van der Waals surface area contributed by atoms with Gasteiger partial charge in [-0.1, -0.05) is 0 Å². The van der Waals surface area contributed by atoms with Crippen LogP contribution in [0.4, 0.5) is 0 Å². The van der Waals surface area contributed by atoms with Crippen LogP contribution in [0.3, 0.4) is 0 Å². The SMILES string of the molecule is COC(=O)C1=C[C@]2(OC)C(=O)[C@@]3(O)O[C@@]4(O)C(=O)C(OC)=C[C@]2(C(=O)OC)[C@H]4[C@@H]13. The third-order valence-electron chi connectivity index (χ3n) is 6.34. The molecule has 0 radical (unpaired) electrons. The molecule has 5 aliphatic rings. The normalized spacial score (nSPS) is 44.2. The summed E-state index contributed by atoms with van der Waals surface area (Å²) in [6.45, 7) is 0. The van der Waals surface area contributed by atoms with Crippen molar-refractivity contribution in [3.8, 4) is 0 Å². The van der Waals surface area contributed by atoms with E-state index in [0.717, 1.165) is 40.6 Å². The number of carbonyl (C=O) groups is 4. The summed E-state index contributed by atoms with van der Waals surface area (Å²) in [5.74, 6) is -13.8. The molecule has 1 saturated heterocycles. The highest BCUT2D eigenvalue weighted by molar-refractivity contribution is 6.14. The van der Waals surface area contributed by atoms with E-state index in [4.69, 9.17) is 23.7 Å². The zero-order chi connectivity index (χ0) is 21.6. The van der Waals surface area contributed by atoms with Crippen molar-refractivity contribution in [3.05, 3.63) is 23.5 Å². The molecule has 0 aromatic carbocycles. The van der Waals surface area contributed by atoms with Crippen molar-refractivity contribution >= 4 is 23.5 Å². The molecule has 4 bridgehead atoms. The fourth-order valence-electron chi connectivity index (χ4n) is 5.26. The molecule has 11 nitrogen and oxygen atoms in total. The second-order valence-electron chi connectivity index (χ2n) is 7.21. The number of rotatable bonds is 4. The summed E-state index contributed by atoms with van der Waals surface area (Å²) in [5.41, 5.74) is -4.81. The number of methoxy groups -OCH3 is 4. The fourth-order valence-corrected chi connectivity index (χ4v) is 5.26. The van der Waals surface area contributed by atoms with Crippen molar-refractivity contribution in [3.63, 3.8) is 0 Å². The summed E-state index contributed by atoms with van der Waals surface area (Å²) in [7, 11) is 4.29. The summed E-state index contributed by atoms with van der Waals surface area (Å²) >= 11 is 0. The minimum atomic E-state index is -2.88. The maximum atomic E-state index is 13.4. The highest BCUT2D eigenvalue weighted by Gasteiger charge is 2.90. The van der Waals surface area contributed by atoms with Crippen LogP contribution in [-0.4, -0.2) is 79.3 Å². The Hall–Kier alpha value is -2.60. The Balaban J connectivity index is 2.20. The van der Waals surface area contributed by atoms with Gasteiger partial charge < -0.3 is 33.9 Å². The zero-order valence-corrected chi connectivity index (χ0v) is 15.9. The molecule has 1 heterocycles. The number of ketones is 2. The maximum absolute atomic E-state index is 13.4. The molecule has 0 spiro atoms. The Bertz CT molecular complexity index is 934. The molecule has 6 atom stereocenters. The van der Waals surface area contributed by atoms with Gasteiger partial charge in [-0.15, -0.1) is 0 Å². The summed E-state index contributed by atoms with van der Waals surface area (Å²) in [4.78, 5) is 51.8. The van der Waals surface area contributed by atoms with Gasteiger partial charge in [-0.25, -0.2) is 4.79 Å². The molecular weight excluding hydrogens is 392 g/mol. The van der Waals surface area contributed by atoms with E-state index >= 15 is 0 Å². The van der Waals surface area contributed by atoms with Gasteiger partial charge in [-0.2, -0.15) is 0 Å². The molecule has 2 N–H and O–H groups in total. The molecule has 0 amide bonds. The second kappa shape index (κ2) is 5.51. The molecule has 1 saturated carbocycles. The van der Waals surface area contributed by atoms with E-state index in [0.29, 0.717) is 0 Å². The first kappa shape index (κ1) is 19.7. The Labute approximate surface area is 163 Å². The number of carbonyl (C=O) groups excluding carboxylic acids is 4. The van der Waals surface area contributed by atoms with Crippen molar-refractivity contribution < 1.29 is 53.1 Å². The first-order valence-corrected chi connectivity index (χ1v) is 8.51. The van der Waals surface area contributed by atoms with Gasteiger partial charge in [-0.05, 0) is 12.2 Å². The summed E-state index contributed by atoms with van der Waals surface area (Å²) in [6, 6.07) is 0. The van der Waals surface area contributed by atoms with Crippen LogP contribution >= 0.6 is 0 Å². The van der Waals surface area contributed by atoms with Gasteiger partial charge in [0.05, 0.1) is 33.2 Å². The van der Waals surface area contributed by atoms with Gasteiger partial charge in [0.15, 0.2) is 11.4 Å². The minimum Gasteiger partial charge on any atom is -0.493 e. The van der Waals surface area contributed by atoms with E-state index in [2.05, 4.69) is 0 Å². The molecular formula is C18H18O11. The molecule has 4 aliphatic carbocycles. The van der Waals surface area contributed by atoms with E-state index < -0.39 is 63.7 Å². The van der Waals surface area contributed by atoms with Crippen molar-refractivity contribution in [1.82, 2.24) is 0 Å². The lowest BCUT2D eigenvalue weighted by Crippen LogP contribution is -2.77. The van der Waals surface area contributed by atoms with Gasteiger partial charge in [0, 0.05) is 12.7 Å². The lowest BCUT2D eigenvalue weighted by molar-refractivity contribution is -0.274. The largest absolute Gasteiger partial charge is 0.493 e. The standard InChI is InChI=1S/C18H18O11/c1-25-8-6-15(14(22)27-3)10-9-7(12(20)26-2)5-16(15,28-4)13(21)17(9,23)29-18(10,24)11(8)19/h5-6,9-10,23-24H,1-4H3/t9-,10-,15-,16+,17+,18-/m1/s1. The molecule has 0 aromatic rings. The quantitative estimate of drug-likeness (QED) is 0.493. The van der Waals surface area contributed by atoms with Crippen LogP contribution in [0.1, 0.15) is 0 Å². The molecule has 11 heteroatoms. The maximum Gasteiger partial charge on any atom is 0.334 e. The predicted molar refractivity (Wildman–Crippen MR) is 87.4 cm³/mol. The van der Waals surface area contributed by atoms with Gasteiger partial charge in [0.1, 0.15) is 5.41 Å². The van der Waals surface area contributed by atoms with E-state index in [1.165, 1.54) is 0 Å². The summed E-state index contributed by atoms with van der Waals surface area (Å²) in [6.07, 6.45) is 2.07. The Morgan fingerprint density at radius 1 is 1.03 bits per heavy atom. The molecule has 5 rings (SSSR count). The zero-order valence-electron chi connectivity index (χ0n) is 15.9. The first-order valence-electron chi connectivity index (χ1n) is 8.51. The average molecular weight is 410 g/mol. The van der Waals surface area contributed by atoms with Crippen LogP contribution in [0, 0.1) is 17.3 Å². The number of esters is 2. The number of hydrogen-bond donors (Lipinski definition) is 2. The van der Waals surface area contributed by atoms with Crippen LogP contribution in [0.25, 0.3) is 0 Å². The van der Waals surface area contributed by atoms with Crippen molar-refractivity contribution in [2.45, 2.75) is 17.2 Å².